The number of carbonyl (C=O) groups excluding carboxylic acids is 1. The van der Waals surface area contributed by atoms with Gasteiger partial charge >= 0.3 is 0 Å². The van der Waals surface area contributed by atoms with Crippen molar-refractivity contribution >= 4 is 28.9 Å². The van der Waals surface area contributed by atoms with E-state index in [1.54, 1.807) is 10.7 Å². The van der Waals surface area contributed by atoms with Gasteiger partial charge in [0.05, 0.1) is 30.4 Å². The second-order valence-corrected chi connectivity index (χ2v) is 11.1. The van der Waals surface area contributed by atoms with E-state index < -0.39 is 5.41 Å². The Morgan fingerprint density at radius 2 is 1.91 bits per heavy atom. The van der Waals surface area contributed by atoms with Gasteiger partial charge in [0.2, 0.25) is 0 Å². The average molecular weight is 578 g/mol. The molecule has 0 radical (unpaired) electrons. The van der Waals surface area contributed by atoms with E-state index in [1.807, 2.05) is 62.4 Å². The molecule has 0 spiro atoms. The van der Waals surface area contributed by atoms with Crippen molar-refractivity contribution < 1.29 is 9.53 Å². The highest BCUT2D eigenvalue weighted by Crippen LogP contribution is 2.47. The van der Waals surface area contributed by atoms with Crippen LogP contribution in [0.4, 0.5) is 23.0 Å². The van der Waals surface area contributed by atoms with Gasteiger partial charge in [-0.1, -0.05) is 18.2 Å². The fourth-order valence-electron chi connectivity index (χ4n) is 5.21. The number of amides is 1. The van der Waals surface area contributed by atoms with Crippen molar-refractivity contribution in [3.05, 3.63) is 83.3 Å². The van der Waals surface area contributed by atoms with E-state index in [2.05, 4.69) is 42.0 Å². The van der Waals surface area contributed by atoms with E-state index in [0.29, 0.717) is 17.1 Å². The molecule has 0 unspecified atom stereocenters. The van der Waals surface area contributed by atoms with Crippen molar-refractivity contribution in [1.29, 1.82) is 5.26 Å². The predicted octanol–water partition coefficient (Wildman–Crippen LogP) is 4.57. The van der Waals surface area contributed by atoms with Gasteiger partial charge in [-0.2, -0.15) is 15.0 Å². The Morgan fingerprint density at radius 1 is 1.07 bits per heavy atom. The van der Waals surface area contributed by atoms with E-state index >= 15 is 0 Å². The second kappa shape index (κ2) is 12.2. The van der Waals surface area contributed by atoms with Crippen molar-refractivity contribution in [3.63, 3.8) is 0 Å². The first-order valence-electron chi connectivity index (χ1n) is 14.6. The van der Waals surface area contributed by atoms with Gasteiger partial charge in [0.1, 0.15) is 18.0 Å². The third-order valence-electron chi connectivity index (χ3n) is 7.94. The maximum atomic E-state index is 13.1. The maximum absolute atomic E-state index is 13.1. The van der Waals surface area contributed by atoms with E-state index in [-0.39, 0.29) is 5.91 Å². The zero-order valence-electron chi connectivity index (χ0n) is 24.4. The van der Waals surface area contributed by atoms with Gasteiger partial charge in [-0.25, -0.2) is 9.97 Å². The molecule has 1 aliphatic carbocycles. The number of hydrogen-bond donors (Lipinski definition) is 3. The van der Waals surface area contributed by atoms with Crippen LogP contribution in [0.15, 0.2) is 60.9 Å². The monoisotopic (exact) mass is 577 g/mol. The summed E-state index contributed by atoms with van der Waals surface area (Å²) < 4.78 is 7.18. The molecular formula is C32H35N9O2. The van der Waals surface area contributed by atoms with Crippen LogP contribution in [0, 0.1) is 25.2 Å². The van der Waals surface area contributed by atoms with Crippen LogP contribution in [0.2, 0.25) is 0 Å². The van der Waals surface area contributed by atoms with Crippen LogP contribution in [0.1, 0.15) is 40.0 Å². The molecule has 1 aliphatic heterocycles. The minimum Gasteiger partial charge on any atom is -0.379 e. The highest BCUT2D eigenvalue weighted by Gasteiger charge is 2.45. The molecule has 6 rings (SSSR count). The lowest BCUT2D eigenvalue weighted by Gasteiger charge is -2.26. The lowest BCUT2D eigenvalue weighted by molar-refractivity contribution is 0.0398. The molecule has 1 amide bonds. The first-order valence-corrected chi connectivity index (χ1v) is 14.6. The topological polar surface area (TPSA) is 133 Å². The number of morpholine rings is 1. The number of nitrogens with zero attached hydrogens (tertiary/aromatic N) is 6. The standard InChI is InChI=1S/C32H35N9O2/c1-22-6-7-26(37-31(42)24-4-3-5-25(17-24)32(20-33)8-9-32)18-27(22)38-30-16-23(2)39-41(30)29-19-28(35-21-36-29)34-10-11-40-12-14-43-15-13-40/h3-7,16-19,21,38H,8-15H2,1-2H3,(H,37,42)(H,34,35,36). The van der Waals surface area contributed by atoms with Gasteiger partial charge in [0, 0.05) is 55.2 Å². The van der Waals surface area contributed by atoms with Gasteiger partial charge in [0.25, 0.3) is 5.91 Å². The minimum atomic E-state index is -0.443. The summed E-state index contributed by atoms with van der Waals surface area (Å²) in [5, 5.41) is 24.1. The van der Waals surface area contributed by atoms with Crippen molar-refractivity contribution in [1.82, 2.24) is 24.6 Å². The Bertz CT molecular complexity index is 1670. The largest absolute Gasteiger partial charge is 0.379 e. The van der Waals surface area contributed by atoms with Crippen LogP contribution in [0.25, 0.3) is 5.82 Å². The summed E-state index contributed by atoms with van der Waals surface area (Å²) >= 11 is 0. The lowest BCUT2D eigenvalue weighted by Crippen LogP contribution is -2.39. The van der Waals surface area contributed by atoms with Crippen LogP contribution in [-0.2, 0) is 10.2 Å². The normalized spacial score (nSPS) is 15.8. The van der Waals surface area contributed by atoms with E-state index in [0.717, 1.165) is 86.4 Å². The summed E-state index contributed by atoms with van der Waals surface area (Å²) in [5.74, 6) is 1.87. The summed E-state index contributed by atoms with van der Waals surface area (Å²) in [5.41, 5.74) is 4.30. The SMILES string of the molecule is Cc1cc(Nc2cc(NC(=O)c3cccc(C4(C#N)CC4)c3)ccc2C)n(-c2cc(NCCN3CCOCC3)ncn2)n1. The molecular weight excluding hydrogens is 542 g/mol. The molecule has 11 nitrogen and oxygen atoms in total. The van der Waals surface area contributed by atoms with Gasteiger partial charge in [-0.05, 0) is 62.1 Å². The second-order valence-electron chi connectivity index (χ2n) is 11.1. The molecule has 1 saturated carbocycles. The van der Waals surface area contributed by atoms with Crippen molar-refractivity contribution in [3.8, 4) is 11.9 Å². The van der Waals surface area contributed by atoms with E-state index in [4.69, 9.17) is 4.74 Å². The van der Waals surface area contributed by atoms with E-state index in [1.165, 1.54) is 6.33 Å². The Morgan fingerprint density at radius 3 is 2.70 bits per heavy atom. The molecule has 4 aromatic rings. The van der Waals surface area contributed by atoms with Crippen LogP contribution in [-0.4, -0.2) is 69.9 Å². The first-order chi connectivity index (χ1) is 20.9. The van der Waals surface area contributed by atoms with Gasteiger partial charge in [0.15, 0.2) is 5.82 Å². The molecule has 2 aromatic carbocycles. The number of carbonyl (C=O) groups is 1. The molecule has 1 saturated heterocycles. The van der Waals surface area contributed by atoms with Crippen LogP contribution in [0.5, 0.6) is 0 Å². The summed E-state index contributed by atoms with van der Waals surface area (Å²) in [6.07, 6.45) is 3.20. The summed E-state index contributed by atoms with van der Waals surface area (Å²) in [7, 11) is 0. The number of nitrogens with one attached hydrogen (secondary N) is 3. The average Bonchev–Trinajstić information content (AvgIpc) is 3.75. The lowest BCUT2D eigenvalue weighted by atomic mass is 9.96. The van der Waals surface area contributed by atoms with Crippen molar-refractivity contribution in [2.24, 2.45) is 0 Å². The molecule has 0 bridgehead atoms. The molecule has 220 valence electrons. The van der Waals surface area contributed by atoms with Crippen LogP contribution >= 0.6 is 0 Å². The molecule has 3 N–H and O–H groups in total. The molecule has 2 fully saturated rings. The van der Waals surface area contributed by atoms with Gasteiger partial charge < -0.3 is 20.7 Å². The molecule has 43 heavy (non-hydrogen) atoms. The molecule has 3 heterocycles. The summed E-state index contributed by atoms with van der Waals surface area (Å²) in [6, 6.07) is 19.3. The zero-order chi connectivity index (χ0) is 29.8. The number of anilines is 4. The molecule has 11 heteroatoms. The fraction of sp³-hybridized carbons (Fsp3) is 0.344. The van der Waals surface area contributed by atoms with E-state index in [9.17, 15) is 10.1 Å². The highest BCUT2D eigenvalue weighted by molar-refractivity contribution is 6.04. The summed E-state index contributed by atoms with van der Waals surface area (Å²) in [6.45, 7) is 9.05. The third kappa shape index (κ3) is 6.51. The smallest absolute Gasteiger partial charge is 0.255 e. The fourth-order valence-corrected chi connectivity index (χ4v) is 5.21. The Balaban J connectivity index is 1.16. The van der Waals surface area contributed by atoms with Gasteiger partial charge in [-0.3, -0.25) is 9.69 Å². The number of hydrogen-bond acceptors (Lipinski definition) is 9. The number of rotatable bonds is 10. The minimum absolute atomic E-state index is 0.221. The van der Waals surface area contributed by atoms with Crippen molar-refractivity contribution in [2.45, 2.75) is 32.1 Å². The van der Waals surface area contributed by atoms with Crippen molar-refractivity contribution in [2.75, 3.05) is 55.3 Å². The number of benzene rings is 2. The third-order valence-corrected chi connectivity index (χ3v) is 7.94. The molecule has 2 aliphatic rings. The first kappa shape index (κ1) is 28.3. The molecule has 2 aromatic heterocycles. The highest BCUT2D eigenvalue weighted by atomic mass is 16.5. The Hall–Kier alpha value is -4.79. The summed E-state index contributed by atoms with van der Waals surface area (Å²) in [4.78, 5) is 24.4. The van der Waals surface area contributed by atoms with Crippen LogP contribution < -0.4 is 16.0 Å². The Labute approximate surface area is 250 Å². The quantitative estimate of drug-likeness (QED) is 0.248. The number of ether oxygens (including phenoxy) is 1. The zero-order valence-corrected chi connectivity index (χ0v) is 24.4. The number of nitriles is 1. The Kier molecular flexibility index (Phi) is 8.05. The number of aryl methyl sites for hydroxylation is 2. The van der Waals surface area contributed by atoms with Gasteiger partial charge in [-0.15, -0.1) is 0 Å². The predicted molar refractivity (Wildman–Crippen MR) is 165 cm³/mol. The molecule has 0 atom stereocenters. The van der Waals surface area contributed by atoms with Crippen LogP contribution in [0.3, 0.4) is 0 Å². The number of aromatic nitrogens is 4. The maximum Gasteiger partial charge on any atom is 0.255 e.